The van der Waals surface area contributed by atoms with Crippen LogP contribution in [0.1, 0.15) is 28.9 Å². The molecule has 0 radical (unpaired) electrons. The van der Waals surface area contributed by atoms with Crippen LogP contribution in [0.15, 0.2) is 27.8 Å². The Morgan fingerprint density at radius 1 is 1.17 bits per heavy atom. The lowest BCUT2D eigenvalue weighted by molar-refractivity contribution is -0.144. The van der Waals surface area contributed by atoms with Crippen LogP contribution in [0.5, 0.6) is 0 Å². The van der Waals surface area contributed by atoms with E-state index in [9.17, 15) is 36.7 Å². The van der Waals surface area contributed by atoms with Crippen LogP contribution in [0, 0.1) is 5.82 Å². The number of carbonyl (C=O) groups excluding carboxylic acids is 2. The van der Waals surface area contributed by atoms with Crippen LogP contribution in [-0.4, -0.2) is 25.9 Å². The lowest BCUT2D eigenvalue weighted by Gasteiger charge is -2.16. The number of nitrogens with zero attached hydrogens (tertiary/aromatic N) is 2. The number of rotatable bonds is 4. The van der Waals surface area contributed by atoms with Gasteiger partial charge in [0.25, 0.3) is 10.8 Å². The van der Waals surface area contributed by atoms with Crippen molar-refractivity contribution in [1.29, 1.82) is 0 Å². The van der Waals surface area contributed by atoms with Crippen LogP contribution in [-0.2, 0) is 22.8 Å². The van der Waals surface area contributed by atoms with Gasteiger partial charge in [-0.05, 0) is 23.7 Å². The van der Waals surface area contributed by atoms with Crippen LogP contribution in [0.25, 0.3) is 5.69 Å². The first kappa shape index (κ1) is 22.0. The molecule has 0 saturated heterocycles. The van der Waals surface area contributed by atoms with Crippen LogP contribution in [0.3, 0.4) is 0 Å². The Kier molecular flexibility index (Phi) is 5.32. The molecular weight excluding hydrogens is 459 g/mol. The molecule has 3 rings (SSSR count). The summed E-state index contributed by atoms with van der Waals surface area (Å²) in [5.41, 5.74) is -7.43. The molecule has 1 aliphatic carbocycles. The van der Waals surface area contributed by atoms with Gasteiger partial charge in [0, 0.05) is 26.0 Å². The fraction of sp³-hybridized carbons (Fsp3) is 0.294. The van der Waals surface area contributed by atoms with Gasteiger partial charge < -0.3 is 4.74 Å². The van der Waals surface area contributed by atoms with E-state index >= 15 is 0 Å². The van der Waals surface area contributed by atoms with Gasteiger partial charge in [0.1, 0.15) is 11.5 Å². The molecule has 0 spiro atoms. The van der Waals surface area contributed by atoms with Crippen molar-refractivity contribution >= 4 is 34.4 Å². The van der Waals surface area contributed by atoms with E-state index in [0.717, 1.165) is 7.05 Å². The summed E-state index contributed by atoms with van der Waals surface area (Å²) < 4.78 is 58.6. The van der Waals surface area contributed by atoms with Crippen molar-refractivity contribution in [2.75, 3.05) is 0 Å². The van der Waals surface area contributed by atoms with E-state index in [2.05, 4.69) is 0 Å². The monoisotopic (exact) mass is 468 g/mol. The van der Waals surface area contributed by atoms with Gasteiger partial charge >= 0.3 is 17.8 Å². The summed E-state index contributed by atoms with van der Waals surface area (Å²) in [5.74, 6) is -2.45. The van der Waals surface area contributed by atoms with Crippen molar-refractivity contribution in [3.05, 3.63) is 61.1 Å². The molecule has 0 aliphatic heterocycles. The van der Waals surface area contributed by atoms with E-state index in [0.29, 0.717) is 12.1 Å². The summed E-state index contributed by atoms with van der Waals surface area (Å²) >= 11 is 11.2. The lowest BCUT2D eigenvalue weighted by atomic mass is 10.1. The second-order valence-electron chi connectivity index (χ2n) is 6.48. The Morgan fingerprint density at radius 2 is 1.77 bits per heavy atom. The number of esters is 1. The minimum absolute atomic E-state index is 0.108. The van der Waals surface area contributed by atoms with E-state index < -0.39 is 62.0 Å². The Hall–Kier alpha value is -2.66. The molecule has 7 nitrogen and oxygen atoms in total. The highest BCUT2D eigenvalue weighted by Gasteiger charge is 2.53. The van der Waals surface area contributed by atoms with Crippen molar-refractivity contribution < 1.29 is 31.9 Å². The number of aromatic nitrogens is 2. The molecule has 1 aliphatic rings. The first-order valence-corrected chi connectivity index (χ1v) is 8.87. The van der Waals surface area contributed by atoms with E-state index in [4.69, 9.17) is 27.9 Å². The standard InChI is InChI=1S/C17H10Cl2F4N2O5/c1-24-11(17(21,22)23)6-12(26)25(15(24)29)10-4-7(8(18)5-9(10)20)13(27)30-16(2-3-16)14(19)28/h4-6H,2-3H2,1H3. The molecule has 1 heterocycles. The van der Waals surface area contributed by atoms with Crippen LogP contribution in [0.2, 0.25) is 5.02 Å². The van der Waals surface area contributed by atoms with Gasteiger partial charge in [0.15, 0.2) is 5.60 Å². The van der Waals surface area contributed by atoms with Crippen molar-refractivity contribution in [3.8, 4) is 5.69 Å². The van der Waals surface area contributed by atoms with E-state index in [-0.39, 0.29) is 28.0 Å². The number of carbonyl (C=O) groups is 2. The highest BCUT2D eigenvalue weighted by atomic mass is 35.5. The summed E-state index contributed by atoms with van der Waals surface area (Å²) in [6.07, 6.45) is -4.69. The number of hydrogen-bond donors (Lipinski definition) is 0. The van der Waals surface area contributed by atoms with Crippen LogP contribution in [0.4, 0.5) is 17.6 Å². The number of ether oxygens (including phenoxy) is 1. The minimum Gasteiger partial charge on any atom is -0.446 e. The van der Waals surface area contributed by atoms with Crippen molar-refractivity contribution in [2.24, 2.45) is 7.05 Å². The molecule has 30 heavy (non-hydrogen) atoms. The minimum atomic E-state index is -5.01. The zero-order valence-corrected chi connectivity index (χ0v) is 16.4. The molecule has 0 N–H and O–H groups in total. The Bertz CT molecular complexity index is 1200. The third-order valence-electron chi connectivity index (χ3n) is 4.46. The fourth-order valence-electron chi connectivity index (χ4n) is 2.67. The maximum Gasteiger partial charge on any atom is 0.431 e. The zero-order valence-electron chi connectivity index (χ0n) is 14.8. The zero-order chi connectivity index (χ0) is 22.6. The van der Waals surface area contributed by atoms with Crippen molar-refractivity contribution in [2.45, 2.75) is 24.6 Å². The number of benzene rings is 1. The van der Waals surface area contributed by atoms with E-state index in [1.807, 2.05) is 0 Å². The van der Waals surface area contributed by atoms with Crippen molar-refractivity contribution in [3.63, 3.8) is 0 Å². The molecule has 1 saturated carbocycles. The summed E-state index contributed by atoms with van der Waals surface area (Å²) in [7, 11) is 0.743. The average molecular weight is 469 g/mol. The predicted octanol–water partition coefficient (Wildman–Crippen LogP) is 2.80. The molecule has 160 valence electrons. The molecule has 1 fully saturated rings. The highest BCUT2D eigenvalue weighted by Crippen LogP contribution is 2.42. The number of hydrogen-bond acceptors (Lipinski definition) is 5. The Balaban J connectivity index is 2.15. The summed E-state index contributed by atoms with van der Waals surface area (Å²) in [5, 5.41) is -1.40. The average Bonchev–Trinajstić information content (AvgIpc) is 3.39. The first-order chi connectivity index (χ1) is 13.8. The van der Waals surface area contributed by atoms with Crippen molar-refractivity contribution in [1.82, 2.24) is 9.13 Å². The predicted molar refractivity (Wildman–Crippen MR) is 95.5 cm³/mol. The molecule has 0 bridgehead atoms. The Labute approximate surface area is 174 Å². The van der Waals surface area contributed by atoms with Crippen LogP contribution < -0.4 is 11.2 Å². The van der Waals surface area contributed by atoms with Gasteiger partial charge in [-0.2, -0.15) is 13.2 Å². The van der Waals surface area contributed by atoms with E-state index in [1.54, 1.807) is 0 Å². The lowest BCUT2D eigenvalue weighted by Crippen LogP contribution is -2.41. The third-order valence-corrected chi connectivity index (χ3v) is 5.12. The van der Waals surface area contributed by atoms with Crippen LogP contribution >= 0.6 is 23.2 Å². The SMILES string of the molecule is Cn1c(C(F)(F)F)cc(=O)n(-c2cc(C(=O)OC3(C(=O)Cl)CC3)c(Cl)cc2F)c1=O. The molecule has 13 heteroatoms. The fourth-order valence-corrected chi connectivity index (χ4v) is 3.12. The maximum atomic E-state index is 14.4. The second kappa shape index (κ2) is 7.24. The summed E-state index contributed by atoms with van der Waals surface area (Å²) in [6.45, 7) is 0. The molecule has 1 aromatic carbocycles. The van der Waals surface area contributed by atoms with E-state index in [1.165, 1.54) is 0 Å². The number of halogens is 6. The molecule has 2 aromatic rings. The Morgan fingerprint density at radius 3 is 2.27 bits per heavy atom. The molecule has 0 amide bonds. The van der Waals surface area contributed by atoms with Gasteiger partial charge in [0.2, 0.25) is 0 Å². The maximum absolute atomic E-state index is 14.4. The van der Waals surface area contributed by atoms with Gasteiger partial charge in [-0.15, -0.1) is 0 Å². The quantitative estimate of drug-likeness (QED) is 0.391. The molecule has 0 unspecified atom stereocenters. The second-order valence-corrected chi connectivity index (χ2v) is 7.23. The van der Waals surface area contributed by atoms with Gasteiger partial charge in [-0.1, -0.05) is 11.6 Å². The molecule has 0 atom stereocenters. The summed E-state index contributed by atoms with van der Waals surface area (Å²) in [4.78, 5) is 48.3. The molecule has 1 aromatic heterocycles. The summed E-state index contributed by atoms with van der Waals surface area (Å²) in [6, 6.07) is 1.36. The smallest absolute Gasteiger partial charge is 0.431 e. The highest BCUT2D eigenvalue weighted by molar-refractivity contribution is 6.66. The topological polar surface area (TPSA) is 87.4 Å². The van der Waals surface area contributed by atoms with Gasteiger partial charge in [-0.3, -0.25) is 14.2 Å². The number of alkyl halides is 3. The normalized spacial score (nSPS) is 15.0. The van der Waals surface area contributed by atoms with Gasteiger partial charge in [0.05, 0.1) is 16.3 Å². The largest absolute Gasteiger partial charge is 0.446 e. The third kappa shape index (κ3) is 3.74. The molecular formula is C17H10Cl2F4N2O5. The first-order valence-electron chi connectivity index (χ1n) is 8.11. The van der Waals surface area contributed by atoms with Gasteiger partial charge in [-0.25, -0.2) is 18.5 Å².